The van der Waals surface area contributed by atoms with Gasteiger partial charge in [-0.1, -0.05) is 43.7 Å². The SMILES string of the molecule is CCN(CCCCCc1ccccc1)CCC(=O)O. The molecule has 0 unspecified atom stereocenters. The average molecular weight is 263 g/mol. The number of aryl methyl sites for hydroxylation is 1. The molecule has 19 heavy (non-hydrogen) atoms. The van der Waals surface area contributed by atoms with E-state index in [1.807, 2.05) is 6.07 Å². The molecule has 0 aliphatic carbocycles. The molecule has 0 saturated carbocycles. The van der Waals surface area contributed by atoms with Crippen molar-refractivity contribution in [1.29, 1.82) is 0 Å². The van der Waals surface area contributed by atoms with Gasteiger partial charge in [0.2, 0.25) is 0 Å². The number of hydrogen-bond acceptors (Lipinski definition) is 2. The van der Waals surface area contributed by atoms with Gasteiger partial charge >= 0.3 is 5.97 Å². The van der Waals surface area contributed by atoms with Crippen molar-refractivity contribution in [1.82, 2.24) is 4.90 Å². The summed E-state index contributed by atoms with van der Waals surface area (Å²) in [6.45, 7) is 4.71. The fraction of sp³-hybridized carbons (Fsp3) is 0.562. The highest BCUT2D eigenvalue weighted by atomic mass is 16.4. The maximum atomic E-state index is 10.5. The minimum Gasteiger partial charge on any atom is -0.481 e. The molecule has 3 heteroatoms. The van der Waals surface area contributed by atoms with Gasteiger partial charge in [-0.2, -0.15) is 0 Å². The summed E-state index contributed by atoms with van der Waals surface area (Å²) >= 11 is 0. The van der Waals surface area contributed by atoms with E-state index in [0.29, 0.717) is 6.54 Å². The van der Waals surface area contributed by atoms with Gasteiger partial charge < -0.3 is 10.0 Å². The number of unbranched alkanes of at least 4 members (excludes halogenated alkanes) is 2. The van der Waals surface area contributed by atoms with Crippen LogP contribution in [-0.4, -0.2) is 35.6 Å². The van der Waals surface area contributed by atoms with E-state index in [1.165, 1.54) is 18.4 Å². The Morgan fingerprint density at radius 2 is 1.84 bits per heavy atom. The molecule has 0 radical (unpaired) electrons. The molecule has 106 valence electrons. The van der Waals surface area contributed by atoms with Crippen LogP contribution in [0.1, 0.15) is 38.2 Å². The number of benzene rings is 1. The summed E-state index contributed by atoms with van der Waals surface area (Å²) in [6, 6.07) is 10.6. The molecule has 0 saturated heterocycles. The number of carboxylic acid groups (broad SMARTS) is 1. The van der Waals surface area contributed by atoms with Crippen molar-refractivity contribution >= 4 is 5.97 Å². The molecular weight excluding hydrogens is 238 g/mol. The van der Waals surface area contributed by atoms with Crippen LogP contribution in [0.2, 0.25) is 0 Å². The average Bonchev–Trinajstić information content (AvgIpc) is 2.42. The topological polar surface area (TPSA) is 40.5 Å². The van der Waals surface area contributed by atoms with Gasteiger partial charge in [0.1, 0.15) is 0 Å². The van der Waals surface area contributed by atoms with Crippen molar-refractivity contribution in [3.05, 3.63) is 35.9 Å². The lowest BCUT2D eigenvalue weighted by molar-refractivity contribution is -0.137. The van der Waals surface area contributed by atoms with Crippen LogP contribution < -0.4 is 0 Å². The molecule has 1 aromatic carbocycles. The van der Waals surface area contributed by atoms with Gasteiger partial charge in [0.15, 0.2) is 0 Å². The summed E-state index contributed by atoms with van der Waals surface area (Å²) < 4.78 is 0. The Labute approximate surface area is 116 Å². The Bertz CT molecular complexity index is 351. The van der Waals surface area contributed by atoms with E-state index >= 15 is 0 Å². The second-order valence-electron chi connectivity index (χ2n) is 4.87. The molecular formula is C16H25NO2. The van der Waals surface area contributed by atoms with E-state index in [0.717, 1.165) is 25.9 Å². The van der Waals surface area contributed by atoms with E-state index in [1.54, 1.807) is 0 Å². The monoisotopic (exact) mass is 263 g/mol. The number of carbonyl (C=O) groups is 1. The summed E-state index contributed by atoms with van der Waals surface area (Å²) in [5.74, 6) is -0.706. The highest BCUT2D eigenvalue weighted by Gasteiger charge is 2.04. The highest BCUT2D eigenvalue weighted by Crippen LogP contribution is 2.07. The van der Waals surface area contributed by atoms with Gasteiger partial charge in [0, 0.05) is 6.54 Å². The number of nitrogens with zero attached hydrogens (tertiary/aromatic N) is 1. The van der Waals surface area contributed by atoms with E-state index in [-0.39, 0.29) is 6.42 Å². The van der Waals surface area contributed by atoms with Crippen LogP contribution in [0.5, 0.6) is 0 Å². The Morgan fingerprint density at radius 3 is 2.47 bits per heavy atom. The van der Waals surface area contributed by atoms with E-state index in [4.69, 9.17) is 5.11 Å². The molecule has 0 aliphatic heterocycles. The Hall–Kier alpha value is -1.35. The fourth-order valence-corrected chi connectivity index (χ4v) is 2.17. The number of carboxylic acids is 1. The van der Waals surface area contributed by atoms with Crippen molar-refractivity contribution in [2.24, 2.45) is 0 Å². The maximum Gasteiger partial charge on any atom is 0.304 e. The first-order valence-electron chi connectivity index (χ1n) is 7.20. The minimum absolute atomic E-state index is 0.248. The number of rotatable bonds is 10. The van der Waals surface area contributed by atoms with Crippen LogP contribution in [0.25, 0.3) is 0 Å². The molecule has 1 N–H and O–H groups in total. The Morgan fingerprint density at radius 1 is 1.11 bits per heavy atom. The van der Waals surface area contributed by atoms with Gasteiger partial charge in [0.05, 0.1) is 6.42 Å². The van der Waals surface area contributed by atoms with Crippen LogP contribution >= 0.6 is 0 Å². The van der Waals surface area contributed by atoms with E-state index < -0.39 is 5.97 Å². The Kier molecular flexibility index (Phi) is 7.91. The van der Waals surface area contributed by atoms with Crippen LogP contribution in [0.4, 0.5) is 0 Å². The molecule has 0 aliphatic rings. The largest absolute Gasteiger partial charge is 0.481 e. The fourth-order valence-electron chi connectivity index (χ4n) is 2.17. The van der Waals surface area contributed by atoms with Crippen LogP contribution in [0, 0.1) is 0 Å². The summed E-state index contributed by atoms with van der Waals surface area (Å²) in [5.41, 5.74) is 1.40. The van der Waals surface area contributed by atoms with Crippen LogP contribution in [0.3, 0.4) is 0 Å². The Balaban J connectivity index is 2.07. The standard InChI is InChI=1S/C16H25NO2/c1-2-17(14-12-16(18)19)13-8-4-7-11-15-9-5-3-6-10-15/h3,5-6,9-10H,2,4,7-8,11-14H2,1H3,(H,18,19). The normalized spacial score (nSPS) is 10.8. The predicted molar refractivity (Wildman–Crippen MR) is 78.4 cm³/mol. The van der Waals surface area contributed by atoms with Crippen molar-refractivity contribution in [2.75, 3.05) is 19.6 Å². The molecule has 1 aromatic rings. The smallest absolute Gasteiger partial charge is 0.304 e. The van der Waals surface area contributed by atoms with Crippen molar-refractivity contribution in [3.8, 4) is 0 Å². The van der Waals surface area contributed by atoms with E-state index in [2.05, 4.69) is 36.1 Å². The summed E-state index contributed by atoms with van der Waals surface area (Å²) in [5, 5.41) is 8.67. The third-order valence-electron chi connectivity index (χ3n) is 3.37. The summed E-state index contributed by atoms with van der Waals surface area (Å²) in [4.78, 5) is 12.7. The maximum absolute atomic E-state index is 10.5. The number of aliphatic carboxylic acids is 1. The molecule has 0 amide bonds. The lowest BCUT2D eigenvalue weighted by Crippen LogP contribution is -2.27. The second kappa shape index (κ2) is 9.56. The van der Waals surface area contributed by atoms with E-state index in [9.17, 15) is 4.79 Å². The zero-order valence-electron chi connectivity index (χ0n) is 11.8. The summed E-state index contributed by atoms with van der Waals surface area (Å²) in [7, 11) is 0. The molecule has 0 heterocycles. The number of hydrogen-bond donors (Lipinski definition) is 1. The third kappa shape index (κ3) is 7.62. The molecule has 0 bridgehead atoms. The minimum atomic E-state index is -0.706. The van der Waals surface area contributed by atoms with Crippen LogP contribution in [-0.2, 0) is 11.2 Å². The predicted octanol–water partition coefficient (Wildman–Crippen LogP) is 3.20. The second-order valence-corrected chi connectivity index (χ2v) is 4.87. The zero-order chi connectivity index (χ0) is 13.9. The van der Waals surface area contributed by atoms with Gasteiger partial charge in [-0.25, -0.2) is 0 Å². The first-order valence-corrected chi connectivity index (χ1v) is 7.20. The molecule has 0 fully saturated rings. The first-order chi connectivity index (χ1) is 9.22. The molecule has 1 rings (SSSR count). The summed E-state index contributed by atoms with van der Waals surface area (Å²) in [6.07, 6.45) is 4.96. The third-order valence-corrected chi connectivity index (χ3v) is 3.37. The highest BCUT2D eigenvalue weighted by molar-refractivity contribution is 5.66. The van der Waals surface area contributed by atoms with Crippen molar-refractivity contribution in [2.45, 2.75) is 39.0 Å². The molecule has 0 aromatic heterocycles. The zero-order valence-corrected chi connectivity index (χ0v) is 11.8. The van der Waals surface area contributed by atoms with Gasteiger partial charge in [0.25, 0.3) is 0 Å². The molecule has 3 nitrogen and oxygen atoms in total. The van der Waals surface area contributed by atoms with Crippen LogP contribution in [0.15, 0.2) is 30.3 Å². The first kappa shape index (κ1) is 15.7. The van der Waals surface area contributed by atoms with Gasteiger partial charge in [-0.05, 0) is 37.9 Å². The lowest BCUT2D eigenvalue weighted by Gasteiger charge is -2.19. The van der Waals surface area contributed by atoms with Crippen molar-refractivity contribution in [3.63, 3.8) is 0 Å². The van der Waals surface area contributed by atoms with Gasteiger partial charge in [-0.15, -0.1) is 0 Å². The van der Waals surface area contributed by atoms with Gasteiger partial charge in [-0.3, -0.25) is 4.79 Å². The molecule has 0 spiro atoms. The molecule has 0 atom stereocenters. The van der Waals surface area contributed by atoms with Crippen molar-refractivity contribution < 1.29 is 9.90 Å². The quantitative estimate of drug-likeness (QED) is 0.659. The lowest BCUT2D eigenvalue weighted by atomic mass is 10.1.